The Morgan fingerprint density at radius 2 is 2.00 bits per heavy atom. The number of allylic oxidation sites excluding steroid dienone is 1. The van der Waals surface area contributed by atoms with Crippen LogP contribution in [0.4, 0.5) is 0 Å². The van der Waals surface area contributed by atoms with Gasteiger partial charge in [0.25, 0.3) is 0 Å². The van der Waals surface area contributed by atoms with Gasteiger partial charge in [0, 0.05) is 18.3 Å². The Morgan fingerprint density at radius 3 is 2.66 bits per heavy atom. The fraction of sp³-hybridized carbons (Fsp3) is 0.238. The summed E-state index contributed by atoms with van der Waals surface area (Å²) in [7, 11) is 1.74. The van der Waals surface area contributed by atoms with Crippen LogP contribution in [0.2, 0.25) is 0 Å². The molecule has 8 heteroatoms. The fourth-order valence-corrected chi connectivity index (χ4v) is 3.66. The van der Waals surface area contributed by atoms with Gasteiger partial charge in [-0.3, -0.25) is 9.59 Å². The first-order chi connectivity index (χ1) is 13.9. The number of fused-ring (bicyclic) bond motifs is 1. The number of nitriles is 1. The summed E-state index contributed by atoms with van der Waals surface area (Å²) >= 11 is 1.38. The van der Waals surface area contributed by atoms with Crippen molar-refractivity contribution in [3.8, 4) is 6.07 Å². The third-order valence-corrected chi connectivity index (χ3v) is 5.39. The number of imidazole rings is 1. The molecule has 7 nitrogen and oxygen atoms in total. The second-order valence-corrected chi connectivity index (χ2v) is 7.70. The Morgan fingerprint density at radius 1 is 1.24 bits per heavy atom. The van der Waals surface area contributed by atoms with Crippen LogP contribution in [-0.2, 0) is 16.6 Å². The maximum atomic E-state index is 12.1. The van der Waals surface area contributed by atoms with Crippen LogP contribution in [0.1, 0.15) is 33.2 Å². The summed E-state index contributed by atoms with van der Waals surface area (Å²) in [6.45, 7) is 1.44. The summed E-state index contributed by atoms with van der Waals surface area (Å²) in [5.41, 5.74) is 1.42. The number of para-hydroxylation sites is 2. The standard InChI is InChI=1S/C21H19N3O4S/c1-13-7-9-19(29-13)17(25)8-10-20(27)28-12-18(26)14(11-22)21-23-15-5-3-4-6-16(15)24(21)2/h3-7,9,26H,8,10,12H2,1-2H3/b18-14-. The molecular weight excluding hydrogens is 390 g/mol. The highest BCUT2D eigenvalue weighted by Gasteiger charge is 2.18. The Bertz CT molecular complexity index is 1150. The van der Waals surface area contributed by atoms with E-state index in [9.17, 15) is 20.0 Å². The SMILES string of the molecule is Cc1ccc(C(=O)CCC(=O)OC/C(O)=C(\C#N)c2nc3ccccc3n2C)s1. The lowest BCUT2D eigenvalue weighted by Gasteiger charge is -2.07. The summed E-state index contributed by atoms with van der Waals surface area (Å²) < 4.78 is 6.72. The molecule has 0 unspecified atom stereocenters. The number of ketones is 1. The minimum atomic E-state index is -0.625. The zero-order valence-electron chi connectivity index (χ0n) is 16.0. The van der Waals surface area contributed by atoms with E-state index in [-0.39, 0.29) is 35.8 Å². The summed E-state index contributed by atoms with van der Waals surface area (Å²) in [6, 6.07) is 12.8. The van der Waals surface area contributed by atoms with Gasteiger partial charge in [0.2, 0.25) is 0 Å². The molecule has 0 aliphatic carbocycles. The van der Waals surface area contributed by atoms with Gasteiger partial charge in [-0.2, -0.15) is 5.26 Å². The van der Waals surface area contributed by atoms with Crippen LogP contribution in [0.5, 0.6) is 0 Å². The van der Waals surface area contributed by atoms with Gasteiger partial charge < -0.3 is 14.4 Å². The van der Waals surface area contributed by atoms with Crippen molar-refractivity contribution >= 4 is 39.7 Å². The number of esters is 1. The Kier molecular flexibility index (Phi) is 6.10. The van der Waals surface area contributed by atoms with Gasteiger partial charge >= 0.3 is 5.97 Å². The number of aliphatic hydroxyl groups excluding tert-OH is 1. The number of hydrogen-bond acceptors (Lipinski definition) is 7. The van der Waals surface area contributed by atoms with Crippen LogP contribution in [0.25, 0.3) is 16.6 Å². The van der Waals surface area contributed by atoms with Crippen LogP contribution < -0.4 is 0 Å². The van der Waals surface area contributed by atoms with Crippen LogP contribution in [0.3, 0.4) is 0 Å². The predicted molar refractivity (Wildman–Crippen MR) is 109 cm³/mol. The number of rotatable bonds is 7. The molecule has 0 aliphatic rings. The molecule has 0 atom stereocenters. The number of nitrogens with zero attached hydrogens (tertiary/aromatic N) is 3. The van der Waals surface area contributed by atoms with Crippen molar-refractivity contribution in [2.45, 2.75) is 19.8 Å². The number of benzene rings is 1. The second-order valence-electron chi connectivity index (χ2n) is 6.41. The van der Waals surface area contributed by atoms with E-state index in [0.29, 0.717) is 10.4 Å². The van der Waals surface area contributed by atoms with E-state index in [0.717, 1.165) is 10.4 Å². The normalized spacial score (nSPS) is 11.8. The van der Waals surface area contributed by atoms with Gasteiger partial charge in [-0.25, -0.2) is 4.98 Å². The summed E-state index contributed by atoms with van der Waals surface area (Å²) in [5, 5.41) is 19.7. The van der Waals surface area contributed by atoms with Crippen molar-refractivity contribution in [2.75, 3.05) is 6.61 Å². The first kappa shape index (κ1) is 20.3. The number of hydrogen-bond donors (Lipinski definition) is 1. The maximum Gasteiger partial charge on any atom is 0.306 e. The molecule has 29 heavy (non-hydrogen) atoms. The lowest BCUT2D eigenvalue weighted by molar-refractivity contribution is -0.143. The molecule has 1 N–H and O–H groups in total. The van der Waals surface area contributed by atoms with E-state index in [1.807, 2.05) is 37.3 Å². The van der Waals surface area contributed by atoms with Crippen molar-refractivity contribution in [1.29, 1.82) is 5.26 Å². The summed E-state index contributed by atoms with van der Waals surface area (Å²) in [4.78, 5) is 30.0. The molecule has 1 aromatic carbocycles. The predicted octanol–water partition coefficient (Wildman–Crippen LogP) is 3.94. The zero-order valence-corrected chi connectivity index (χ0v) is 16.8. The molecule has 0 bridgehead atoms. The highest BCUT2D eigenvalue weighted by Crippen LogP contribution is 2.22. The van der Waals surface area contributed by atoms with Crippen molar-refractivity contribution in [3.63, 3.8) is 0 Å². The lowest BCUT2D eigenvalue weighted by Crippen LogP contribution is -2.11. The van der Waals surface area contributed by atoms with Crippen LogP contribution >= 0.6 is 11.3 Å². The van der Waals surface area contributed by atoms with Crippen molar-refractivity contribution in [1.82, 2.24) is 9.55 Å². The van der Waals surface area contributed by atoms with Crippen LogP contribution in [-0.4, -0.2) is 33.0 Å². The highest BCUT2D eigenvalue weighted by molar-refractivity contribution is 7.14. The number of thiophene rings is 1. The molecule has 148 valence electrons. The molecule has 0 saturated heterocycles. The molecule has 0 spiro atoms. The van der Waals surface area contributed by atoms with E-state index in [1.54, 1.807) is 23.7 Å². The van der Waals surface area contributed by atoms with Gasteiger partial charge in [0.05, 0.1) is 22.3 Å². The number of carbonyl (C=O) groups excluding carboxylic acids is 2. The summed E-state index contributed by atoms with van der Waals surface area (Å²) in [5.74, 6) is -0.859. The van der Waals surface area contributed by atoms with Crippen LogP contribution in [0, 0.1) is 18.3 Å². The van der Waals surface area contributed by atoms with E-state index in [2.05, 4.69) is 4.98 Å². The Labute approximate surface area is 171 Å². The molecule has 2 aromatic heterocycles. The number of ether oxygens (including phenoxy) is 1. The van der Waals surface area contributed by atoms with Gasteiger partial charge in [0.15, 0.2) is 17.4 Å². The highest BCUT2D eigenvalue weighted by atomic mass is 32.1. The molecule has 0 amide bonds. The number of carbonyl (C=O) groups is 2. The lowest BCUT2D eigenvalue weighted by atomic mass is 10.2. The van der Waals surface area contributed by atoms with E-state index >= 15 is 0 Å². The average Bonchev–Trinajstić information content (AvgIpc) is 3.29. The third kappa shape index (κ3) is 4.52. The number of aliphatic hydroxyl groups is 1. The van der Waals surface area contributed by atoms with Crippen molar-refractivity contribution in [2.24, 2.45) is 7.05 Å². The molecule has 3 rings (SSSR count). The average molecular weight is 409 g/mol. The van der Waals surface area contributed by atoms with E-state index in [1.165, 1.54) is 11.3 Å². The van der Waals surface area contributed by atoms with Crippen molar-refractivity contribution in [3.05, 3.63) is 57.7 Å². The zero-order chi connectivity index (χ0) is 21.0. The summed E-state index contributed by atoms with van der Waals surface area (Å²) in [6.07, 6.45) is -0.0731. The Balaban J connectivity index is 1.64. The molecule has 3 aromatic rings. The minimum Gasteiger partial charge on any atom is -0.507 e. The number of aryl methyl sites for hydroxylation is 2. The molecule has 0 aliphatic heterocycles. The smallest absolute Gasteiger partial charge is 0.306 e. The first-order valence-corrected chi connectivity index (χ1v) is 9.71. The largest absolute Gasteiger partial charge is 0.507 e. The van der Waals surface area contributed by atoms with Gasteiger partial charge in [-0.1, -0.05) is 12.1 Å². The number of aromatic nitrogens is 2. The first-order valence-electron chi connectivity index (χ1n) is 8.90. The van der Waals surface area contributed by atoms with Crippen LogP contribution in [0.15, 0.2) is 42.2 Å². The fourth-order valence-electron chi connectivity index (χ4n) is 2.83. The maximum absolute atomic E-state index is 12.1. The van der Waals surface area contributed by atoms with E-state index in [4.69, 9.17) is 4.74 Å². The van der Waals surface area contributed by atoms with Gasteiger partial charge in [-0.15, -0.1) is 11.3 Å². The molecule has 0 fully saturated rings. The monoisotopic (exact) mass is 409 g/mol. The third-order valence-electron chi connectivity index (χ3n) is 4.35. The molecule has 0 saturated carbocycles. The number of Topliss-reactive ketones (excluding diaryl/α,β-unsaturated/α-hetero) is 1. The van der Waals surface area contributed by atoms with Gasteiger partial charge in [0.1, 0.15) is 18.2 Å². The molecule has 2 heterocycles. The molecular formula is C21H19N3O4S. The minimum absolute atomic E-state index is 0.0269. The topological polar surface area (TPSA) is 105 Å². The van der Waals surface area contributed by atoms with Crippen molar-refractivity contribution < 1.29 is 19.4 Å². The quantitative estimate of drug-likeness (QED) is 0.274. The second kappa shape index (κ2) is 8.71. The van der Waals surface area contributed by atoms with Gasteiger partial charge in [-0.05, 0) is 31.2 Å². The Hall–Kier alpha value is -3.44. The van der Waals surface area contributed by atoms with E-state index < -0.39 is 12.6 Å². The molecule has 0 radical (unpaired) electrons.